The van der Waals surface area contributed by atoms with Crippen molar-refractivity contribution in [2.24, 2.45) is 5.92 Å². The van der Waals surface area contributed by atoms with Gasteiger partial charge in [-0.25, -0.2) is 4.79 Å². The molecule has 2 rings (SSSR count). The molecule has 6 nitrogen and oxygen atoms in total. The Morgan fingerprint density at radius 3 is 2.62 bits per heavy atom. The van der Waals surface area contributed by atoms with E-state index in [1.165, 1.54) is 18.4 Å². The van der Waals surface area contributed by atoms with Gasteiger partial charge in [0.1, 0.15) is 6.04 Å². The largest absolute Gasteiger partial charge is 0.454 e. The lowest BCUT2D eigenvalue weighted by Crippen LogP contribution is -2.46. The number of benzene rings is 1. The summed E-state index contributed by atoms with van der Waals surface area (Å²) in [5, 5.41) is 5.50. The highest BCUT2D eigenvalue weighted by Gasteiger charge is 2.26. The number of nitrogens with one attached hydrogen (secondary N) is 2. The van der Waals surface area contributed by atoms with Crippen LogP contribution in [0.5, 0.6) is 0 Å². The number of carbonyl (C=O) groups is 3. The van der Waals surface area contributed by atoms with Gasteiger partial charge >= 0.3 is 5.97 Å². The molecule has 0 bridgehead atoms. The molecule has 0 radical (unpaired) electrons. The number of hydrogen-bond acceptors (Lipinski definition) is 4. The van der Waals surface area contributed by atoms with Crippen LogP contribution in [0.4, 0.5) is 0 Å². The summed E-state index contributed by atoms with van der Waals surface area (Å²) in [5.41, 5.74) is 2.83. The van der Waals surface area contributed by atoms with Gasteiger partial charge in [-0.2, -0.15) is 0 Å². The zero-order valence-corrected chi connectivity index (χ0v) is 17.6. The van der Waals surface area contributed by atoms with Crippen molar-refractivity contribution >= 4 is 17.8 Å². The molecular formula is C23H32N2O4. The Bertz CT molecular complexity index is 755. The van der Waals surface area contributed by atoms with Crippen molar-refractivity contribution in [2.45, 2.75) is 58.9 Å². The molecule has 0 spiro atoms. The lowest BCUT2D eigenvalue weighted by atomic mass is 9.97. The standard InChI is InChI=1S/C23H32N2O4/c1-16(2)21(25-22(27)19-11-7-8-17(3)14-19)23(28)29-15-20(26)24-13-12-18-9-5-4-6-10-18/h7-9,11,14,16,21H,4-6,10,12-13,15H2,1-3H3,(H,24,26)(H,25,27)/t21-/m0/s1. The first-order valence-corrected chi connectivity index (χ1v) is 10.4. The third-order valence-electron chi connectivity index (χ3n) is 4.99. The summed E-state index contributed by atoms with van der Waals surface area (Å²) in [7, 11) is 0. The van der Waals surface area contributed by atoms with Crippen molar-refractivity contribution in [1.29, 1.82) is 0 Å². The monoisotopic (exact) mass is 400 g/mol. The van der Waals surface area contributed by atoms with Gasteiger partial charge < -0.3 is 15.4 Å². The van der Waals surface area contributed by atoms with E-state index in [0.717, 1.165) is 24.8 Å². The van der Waals surface area contributed by atoms with Crippen LogP contribution < -0.4 is 10.6 Å². The summed E-state index contributed by atoms with van der Waals surface area (Å²) in [4.78, 5) is 36.8. The molecule has 0 heterocycles. The van der Waals surface area contributed by atoms with Gasteiger partial charge in [-0.05, 0) is 57.1 Å². The number of esters is 1. The van der Waals surface area contributed by atoms with Crippen molar-refractivity contribution in [3.63, 3.8) is 0 Å². The van der Waals surface area contributed by atoms with E-state index in [9.17, 15) is 14.4 Å². The quantitative estimate of drug-likeness (QED) is 0.492. The Balaban J connectivity index is 1.78. The number of amides is 2. The average Bonchev–Trinajstić information content (AvgIpc) is 2.70. The van der Waals surface area contributed by atoms with Crippen LogP contribution in [0.15, 0.2) is 35.9 Å². The molecule has 0 saturated carbocycles. The van der Waals surface area contributed by atoms with Gasteiger partial charge in [0.15, 0.2) is 6.61 Å². The highest BCUT2D eigenvalue weighted by Crippen LogP contribution is 2.19. The van der Waals surface area contributed by atoms with Crippen LogP contribution in [0.3, 0.4) is 0 Å². The van der Waals surface area contributed by atoms with E-state index in [1.54, 1.807) is 18.2 Å². The van der Waals surface area contributed by atoms with Crippen molar-refractivity contribution in [3.05, 3.63) is 47.0 Å². The van der Waals surface area contributed by atoms with Crippen LogP contribution in [0, 0.1) is 12.8 Å². The third kappa shape index (κ3) is 7.72. The van der Waals surface area contributed by atoms with Crippen molar-refractivity contribution in [2.75, 3.05) is 13.2 Å². The number of ether oxygens (including phenoxy) is 1. The second-order valence-corrected chi connectivity index (χ2v) is 7.88. The molecule has 1 aliphatic rings. The normalized spacial score (nSPS) is 14.7. The molecule has 1 atom stereocenters. The minimum Gasteiger partial charge on any atom is -0.454 e. The van der Waals surface area contributed by atoms with E-state index in [-0.39, 0.29) is 24.3 Å². The summed E-state index contributed by atoms with van der Waals surface area (Å²) < 4.78 is 5.15. The molecule has 6 heteroatoms. The van der Waals surface area contributed by atoms with Gasteiger partial charge in [-0.15, -0.1) is 0 Å². The molecule has 0 unspecified atom stereocenters. The molecule has 1 aliphatic carbocycles. The van der Waals surface area contributed by atoms with Crippen molar-refractivity contribution in [1.82, 2.24) is 10.6 Å². The SMILES string of the molecule is Cc1cccc(C(=O)N[C@H](C(=O)OCC(=O)NCCC2=CCCCC2)C(C)C)c1. The predicted molar refractivity (Wildman–Crippen MR) is 112 cm³/mol. The zero-order valence-electron chi connectivity index (χ0n) is 17.6. The number of carbonyl (C=O) groups excluding carboxylic acids is 3. The molecule has 29 heavy (non-hydrogen) atoms. The minimum atomic E-state index is -0.816. The lowest BCUT2D eigenvalue weighted by Gasteiger charge is -2.21. The highest BCUT2D eigenvalue weighted by molar-refractivity contribution is 5.97. The van der Waals surface area contributed by atoms with Crippen LogP contribution in [0.2, 0.25) is 0 Å². The Kier molecular flexibility index (Phi) is 8.90. The van der Waals surface area contributed by atoms with E-state index in [1.807, 2.05) is 26.8 Å². The number of hydrogen-bond donors (Lipinski definition) is 2. The summed E-state index contributed by atoms with van der Waals surface area (Å²) in [6.45, 7) is 5.73. The average molecular weight is 401 g/mol. The first kappa shape index (κ1) is 22.7. The van der Waals surface area contributed by atoms with Gasteiger partial charge in [-0.1, -0.05) is 43.2 Å². The highest BCUT2D eigenvalue weighted by atomic mass is 16.5. The van der Waals surface area contributed by atoms with Gasteiger partial charge in [-0.3, -0.25) is 9.59 Å². The fraction of sp³-hybridized carbons (Fsp3) is 0.522. The molecule has 0 saturated heterocycles. The maximum Gasteiger partial charge on any atom is 0.329 e. The van der Waals surface area contributed by atoms with Crippen LogP contribution in [0.1, 0.15) is 61.9 Å². The van der Waals surface area contributed by atoms with E-state index in [4.69, 9.17) is 4.74 Å². The molecule has 1 aromatic rings. The van der Waals surface area contributed by atoms with Gasteiger partial charge in [0.05, 0.1) is 0 Å². The smallest absolute Gasteiger partial charge is 0.329 e. The van der Waals surface area contributed by atoms with Gasteiger partial charge in [0.25, 0.3) is 11.8 Å². The molecule has 0 fully saturated rings. The summed E-state index contributed by atoms with van der Waals surface area (Å²) >= 11 is 0. The Morgan fingerprint density at radius 2 is 1.97 bits per heavy atom. The topological polar surface area (TPSA) is 84.5 Å². The Morgan fingerprint density at radius 1 is 1.17 bits per heavy atom. The van der Waals surface area contributed by atoms with Gasteiger partial charge in [0, 0.05) is 12.1 Å². The summed E-state index contributed by atoms with van der Waals surface area (Å²) in [6, 6.07) is 6.32. The van der Waals surface area contributed by atoms with Crippen LogP contribution in [-0.4, -0.2) is 37.0 Å². The second kappa shape index (κ2) is 11.4. The van der Waals surface area contributed by atoms with Crippen molar-refractivity contribution < 1.29 is 19.1 Å². The third-order valence-corrected chi connectivity index (χ3v) is 4.99. The van der Waals surface area contributed by atoms with E-state index >= 15 is 0 Å². The molecule has 2 amide bonds. The summed E-state index contributed by atoms with van der Waals surface area (Å²) in [5.74, 6) is -1.44. The maximum atomic E-state index is 12.4. The van der Waals surface area contributed by atoms with E-state index in [2.05, 4.69) is 16.7 Å². The Hall–Kier alpha value is -2.63. The van der Waals surface area contributed by atoms with E-state index in [0.29, 0.717) is 12.1 Å². The zero-order chi connectivity index (χ0) is 21.2. The second-order valence-electron chi connectivity index (χ2n) is 7.88. The van der Waals surface area contributed by atoms with E-state index < -0.39 is 12.0 Å². The predicted octanol–water partition coefficient (Wildman–Crippen LogP) is 3.30. The first-order valence-electron chi connectivity index (χ1n) is 10.4. The lowest BCUT2D eigenvalue weighted by molar-refractivity contribution is -0.151. The number of allylic oxidation sites excluding steroid dienone is 1. The van der Waals surface area contributed by atoms with Crippen LogP contribution in [-0.2, 0) is 14.3 Å². The molecule has 2 N–H and O–H groups in total. The maximum absolute atomic E-state index is 12.4. The first-order chi connectivity index (χ1) is 13.9. The fourth-order valence-corrected chi connectivity index (χ4v) is 3.28. The molecule has 0 aliphatic heterocycles. The molecule has 1 aromatic carbocycles. The minimum absolute atomic E-state index is 0.169. The summed E-state index contributed by atoms with van der Waals surface area (Å²) in [6.07, 6.45) is 7.75. The Labute approximate surface area is 173 Å². The molecule has 0 aromatic heterocycles. The molecule has 158 valence electrons. The number of aryl methyl sites for hydroxylation is 1. The van der Waals surface area contributed by atoms with Crippen molar-refractivity contribution in [3.8, 4) is 0 Å². The fourth-order valence-electron chi connectivity index (χ4n) is 3.28. The van der Waals surface area contributed by atoms with Crippen LogP contribution in [0.25, 0.3) is 0 Å². The van der Waals surface area contributed by atoms with Crippen LogP contribution >= 0.6 is 0 Å². The number of rotatable bonds is 9. The molecular weight excluding hydrogens is 368 g/mol. The van der Waals surface area contributed by atoms with Gasteiger partial charge in [0.2, 0.25) is 0 Å².